The van der Waals surface area contributed by atoms with Crippen LogP contribution in [-0.4, -0.2) is 19.2 Å². The van der Waals surface area contributed by atoms with Gasteiger partial charge in [-0.1, -0.05) is 23.8 Å². The van der Waals surface area contributed by atoms with Crippen molar-refractivity contribution in [3.8, 4) is 11.5 Å². The van der Waals surface area contributed by atoms with E-state index in [0.29, 0.717) is 6.61 Å². The van der Waals surface area contributed by atoms with E-state index in [0.717, 1.165) is 16.8 Å². The van der Waals surface area contributed by atoms with Crippen LogP contribution in [0.2, 0.25) is 0 Å². The molecule has 2 aromatic carbocycles. The highest BCUT2D eigenvalue weighted by atomic mass is 127. The molecule has 0 saturated heterocycles. The van der Waals surface area contributed by atoms with Gasteiger partial charge in [0.1, 0.15) is 0 Å². The Labute approximate surface area is 168 Å². The summed E-state index contributed by atoms with van der Waals surface area (Å²) in [5.41, 5.74) is 8.62. The van der Waals surface area contributed by atoms with Gasteiger partial charge in [0.2, 0.25) is 0 Å². The number of nitrogens with zero attached hydrogens (tertiary/aromatic N) is 1. The van der Waals surface area contributed by atoms with Gasteiger partial charge in [-0.2, -0.15) is 8.78 Å². The van der Waals surface area contributed by atoms with E-state index in [2.05, 4.69) is 15.0 Å². The van der Waals surface area contributed by atoms with Crippen molar-refractivity contribution in [3.63, 3.8) is 0 Å². The first-order valence-corrected chi connectivity index (χ1v) is 7.82. The van der Waals surface area contributed by atoms with Crippen molar-refractivity contribution in [2.24, 2.45) is 10.7 Å². The molecule has 0 aliphatic carbocycles. The lowest BCUT2D eigenvalue weighted by Gasteiger charge is -2.12. The van der Waals surface area contributed by atoms with Gasteiger partial charge < -0.3 is 20.5 Å². The molecular formula is C18H22F2IN3O2. The molecule has 3 N–H and O–H groups in total. The fraction of sp³-hybridized carbons (Fsp3) is 0.278. The SMILES string of the molecule is CCOc1cc(CN=C(N)Nc2ccc(C)cc2)ccc1OC(F)F.I. The maximum atomic E-state index is 12.4. The number of hydrogen-bond donors (Lipinski definition) is 2. The summed E-state index contributed by atoms with van der Waals surface area (Å²) >= 11 is 0. The first-order valence-electron chi connectivity index (χ1n) is 7.82. The van der Waals surface area contributed by atoms with E-state index >= 15 is 0 Å². The van der Waals surface area contributed by atoms with Crippen LogP contribution in [0.1, 0.15) is 18.1 Å². The Hall–Kier alpha value is -2.10. The number of aliphatic imine (C=N–C) groups is 1. The Morgan fingerprint density at radius 3 is 2.46 bits per heavy atom. The number of benzene rings is 2. The molecule has 142 valence electrons. The summed E-state index contributed by atoms with van der Waals surface area (Å²) in [6.45, 7) is 1.47. The van der Waals surface area contributed by atoms with Crippen LogP contribution in [-0.2, 0) is 6.54 Å². The maximum absolute atomic E-state index is 12.4. The molecule has 0 fully saturated rings. The Morgan fingerprint density at radius 1 is 1.15 bits per heavy atom. The molecule has 8 heteroatoms. The molecule has 0 heterocycles. The van der Waals surface area contributed by atoms with Gasteiger partial charge >= 0.3 is 6.61 Å². The second-order valence-corrected chi connectivity index (χ2v) is 5.29. The summed E-state index contributed by atoms with van der Waals surface area (Å²) < 4.78 is 34.6. The van der Waals surface area contributed by atoms with Crippen molar-refractivity contribution in [3.05, 3.63) is 53.6 Å². The second-order valence-electron chi connectivity index (χ2n) is 5.29. The van der Waals surface area contributed by atoms with E-state index in [1.54, 1.807) is 19.1 Å². The summed E-state index contributed by atoms with van der Waals surface area (Å²) in [4.78, 5) is 4.24. The molecule has 26 heavy (non-hydrogen) atoms. The van der Waals surface area contributed by atoms with E-state index in [9.17, 15) is 8.78 Å². The number of rotatable bonds is 7. The van der Waals surface area contributed by atoms with Gasteiger partial charge in [-0.3, -0.25) is 0 Å². The van der Waals surface area contributed by atoms with E-state index in [4.69, 9.17) is 10.5 Å². The molecule has 0 unspecified atom stereocenters. The number of alkyl halides is 2. The van der Waals surface area contributed by atoms with Crippen LogP contribution in [0.15, 0.2) is 47.5 Å². The summed E-state index contributed by atoms with van der Waals surface area (Å²) in [5.74, 6) is 0.505. The number of anilines is 1. The number of guanidine groups is 1. The Balaban J connectivity index is 0.00000338. The molecule has 0 aliphatic rings. The van der Waals surface area contributed by atoms with Crippen molar-refractivity contribution in [2.75, 3.05) is 11.9 Å². The third-order valence-electron chi connectivity index (χ3n) is 3.28. The highest BCUT2D eigenvalue weighted by molar-refractivity contribution is 14.0. The average Bonchev–Trinajstić information content (AvgIpc) is 2.57. The number of nitrogens with two attached hydrogens (primary N) is 1. The highest BCUT2D eigenvalue weighted by Crippen LogP contribution is 2.30. The number of halogens is 3. The number of aryl methyl sites for hydroxylation is 1. The zero-order valence-corrected chi connectivity index (χ0v) is 16.9. The number of hydrogen-bond acceptors (Lipinski definition) is 3. The van der Waals surface area contributed by atoms with Gasteiger partial charge in [-0.05, 0) is 43.7 Å². The zero-order chi connectivity index (χ0) is 18.2. The molecule has 0 atom stereocenters. The van der Waals surface area contributed by atoms with Crippen LogP contribution in [0.5, 0.6) is 11.5 Å². The lowest BCUT2D eigenvalue weighted by atomic mass is 10.2. The Morgan fingerprint density at radius 2 is 1.85 bits per heavy atom. The monoisotopic (exact) mass is 477 g/mol. The quantitative estimate of drug-likeness (QED) is 0.349. The first kappa shape index (κ1) is 21.9. The molecule has 0 bridgehead atoms. The number of ether oxygens (including phenoxy) is 2. The van der Waals surface area contributed by atoms with Crippen molar-refractivity contribution >= 4 is 35.6 Å². The summed E-state index contributed by atoms with van der Waals surface area (Å²) in [5, 5.41) is 2.99. The van der Waals surface area contributed by atoms with E-state index < -0.39 is 6.61 Å². The Bertz CT molecular complexity index is 725. The van der Waals surface area contributed by atoms with Gasteiger partial charge in [0.25, 0.3) is 0 Å². The normalized spacial score (nSPS) is 11.0. The molecule has 0 spiro atoms. The molecule has 0 radical (unpaired) electrons. The molecule has 5 nitrogen and oxygen atoms in total. The van der Waals surface area contributed by atoms with E-state index in [1.807, 2.05) is 31.2 Å². The Kier molecular flexibility index (Phi) is 9.11. The van der Waals surface area contributed by atoms with Gasteiger partial charge in [0.05, 0.1) is 13.2 Å². The van der Waals surface area contributed by atoms with Crippen molar-refractivity contribution in [1.82, 2.24) is 0 Å². The molecular weight excluding hydrogens is 455 g/mol. The fourth-order valence-corrected chi connectivity index (χ4v) is 2.11. The minimum Gasteiger partial charge on any atom is -0.490 e. The summed E-state index contributed by atoms with van der Waals surface area (Å²) in [7, 11) is 0. The van der Waals surface area contributed by atoms with Gasteiger partial charge in [-0.25, -0.2) is 4.99 Å². The van der Waals surface area contributed by atoms with Crippen LogP contribution in [0, 0.1) is 6.92 Å². The fourth-order valence-electron chi connectivity index (χ4n) is 2.11. The molecule has 0 aliphatic heterocycles. The molecule has 0 saturated carbocycles. The average molecular weight is 477 g/mol. The van der Waals surface area contributed by atoms with Crippen LogP contribution in [0.25, 0.3) is 0 Å². The topological polar surface area (TPSA) is 68.9 Å². The van der Waals surface area contributed by atoms with E-state index in [1.165, 1.54) is 6.07 Å². The lowest BCUT2D eigenvalue weighted by molar-refractivity contribution is -0.0514. The van der Waals surface area contributed by atoms with Crippen molar-refractivity contribution < 1.29 is 18.3 Å². The summed E-state index contributed by atoms with van der Waals surface area (Å²) in [6, 6.07) is 12.4. The third-order valence-corrected chi connectivity index (χ3v) is 3.28. The van der Waals surface area contributed by atoms with Crippen LogP contribution < -0.4 is 20.5 Å². The predicted molar refractivity (Wildman–Crippen MR) is 110 cm³/mol. The van der Waals surface area contributed by atoms with Gasteiger partial charge in [-0.15, -0.1) is 24.0 Å². The maximum Gasteiger partial charge on any atom is 0.387 e. The minimum absolute atomic E-state index is 0. The smallest absolute Gasteiger partial charge is 0.387 e. The van der Waals surface area contributed by atoms with Crippen LogP contribution in [0.4, 0.5) is 14.5 Å². The standard InChI is InChI=1S/C18H21F2N3O2.HI/c1-3-24-16-10-13(6-9-15(16)25-17(19)20)11-22-18(21)23-14-7-4-12(2)5-8-14;/h4-10,17H,3,11H2,1-2H3,(H3,21,22,23);1H. The van der Waals surface area contributed by atoms with E-state index in [-0.39, 0.29) is 48.0 Å². The zero-order valence-electron chi connectivity index (χ0n) is 14.5. The van der Waals surface area contributed by atoms with Crippen molar-refractivity contribution in [1.29, 1.82) is 0 Å². The molecule has 0 amide bonds. The molecule has 2 aromatic rings. The third kappa shape index (κ3) is 7.03. The lowest BCUT2D eigenvalue weighted by Crippen LogP contribution is -2.22. The first-order chi connectivity index (χ1) is 12.0. The minimum atomic E-state index is -2.91. The summed E-state index contributed by atoms with van der Waals surface area (Å²) in [6.07, 6.45) is 0. The van der Waals surface area contributed by atoms with Crippen LogP contribution in [0.3, 0.4) is 0 Å². The molecule has 0 aromatic heterocycles. The van der Waals surface area contributed by atoms with Gasteiger partial charge in [0, 0.05) is 5.69 Å². The molecule has 2 rings (SSSR count). The predicted octanol–water partition coefficient (Wildman–Crippen LogP) is 4.54. The largest absolute Gasteiger partial charge is 0.490 e. The second kappa shape index (κ2) is 10.8. The highest BCUT2D eigenvalue weighted by Gasteiger charge is 2.11. The van der Waals surface area contributed by atoms with Gasteiger partial charge in [0.15, 0.2) is 17.5 Å². The van der Waals surface area contributed by atoms with Crippen molar-refractivity contribution in [2.45, 2.75) is 27.0 Å². The van der Waals surface area contributed by atoms with Crippen LogP contribution >= 0.6 is 24.0 Å². The number of nitrogens with one attached hydrogen (secondary N) is 1.